The van der Waals surface area contributed by atoms with Gasteiger partial charge in [-0.25, -0.2) is 4.57 Å². The summed E-state index contributed by atoms with van der Waals surface area (Å²) in [5.74, 6) is -1.09. The van der Waals surface area contributed by atoms with Crippen molar-refractivity contribution in [2.45, 2.75) is 39.3 Å². The standard InChI is InChI=1S/C10H18N3O7P/c1-5-6(2)9(18-7(3)14)10(20-21(15,16)17)19-8(5)4-12-13-11/h5-6,8-10H,4H2,1-3H3,(H2,15,16,17)/t5-,6-,8?,9?,10+/m0/s1. The fourth-order valence-electron chi connectivity index (χ4n) is 2.16. The number of hydrogen-bond acceptors (Lipinski definition) is 6. The summed E-state index contributed by atoms with van der Waals surface area (Å²) in [5, 5.41) is 3.40. The third kappa shape index (κ3) is 5.28. The van der Waals surface area contributed by atoms with E-state index in [0.717, 1.165) is 0 Å². The summed E-state index contributed by atoms with van der Waals surface area (Å²) in [4.78, 5) is 31.6. The Balaban J connectivity index is 2.97. The first kappa shape index (κ1) is 17.9. The average molecular weight is 323 g/mol. The Hall–Kier alpha value is -1.15. The Labute approximate surface area is 121 Å². The van der Waals surface area contributed by atoms with Crippen molar-refractivity contribution in [2.24, 2.45) is 17.0 Å². The van der Waals surface area contributed by atoms with Crippen molar-refractivity contribution in [1.82, 2.24) is 0 Å². The lowest BCUT2D eigenvalue weighted by Gasteiger charge is -2.43. The number of carbonyl (C=O) groups is 1. The predicted molar refractivity (Wildman–Crippen MR) is 69.7 cm³/mol. The fourth-order valence-corrected chi connectivity index (χ4v) is 2.60. The van der Waals surface area contributed by atoms with Gasteiger partial charge in [-0.2, -0.15) is 0 Å². The summed E-state index contributed by atoms with van der Waals surface area (Å²) in [7, 11) is -4.83. The van der Waals surface area contributed by atoms with Crippen molar-refractivity contribution < 1.29 is 33.1 Å². The van der Waals surface area contributed by atoms with Gasteiger partial charge in [0.1, 0.15) is 0 Å². The highest BCUT2D eigenvalue weighted by molar-refractivity contribution is 7.46. The van der Waals surface area contributed by atoms with Gasteiger partial charge in [-0.15, -0.1) is 0 Å². The van der Waals surface area contributed by atoms with Gasteiger partial charge in [-0.05, 0) is 11.4 Å². The van der Waals surface area contributed by atoms with Crippen molar-refractivity contribution in [2.75, 3.05) is 6.54 Å². The highest BCUT2D eigenvalue weighted by atomic mass is 31.2. The third-order valence-electron chi connectivity index (χ3n) is 3.38. The lowest BCUT2D eigenvalue weighted by Crippen LogP contribution is -2.52. The van der Waals surface area contributed by atoms with E-state index in [0.29, 0.717) is 0 Å². The molecule has 1 aliphatic heterocycles. The van der Waals surface area contributed by atoms with Crippen molar-refractivity contribution in [3.63, 3.8) is 0 Å². The van der Waals surface area contributed by atoms with E-state index in [1.54, 1.807) is 13.8 Å². The Morgan fingerprint density at radius 3 is 2.52 bits per heavy atom. The van der Waals surface area contributed by atoms with Crippen molar-refractivity contribution in [3.8, 4) is 0 Å². The molecule has 5 atom stereocenters. The van der Waals surface area contributed by atoms with Crippen LogP contribution in [0.25, 0.3) is 10.4 Å². The second-order valence-corrected chi connectivity index (χ2v) is 6.04. The molecule has 1 heterocycles. The number of carbonyl (C=O) groups excluding carboxylic acids is 1. The SMILES string of the molecule is CC(=O)OC1[C@@H](OP(=O)(O)O)OC(CN=[N+]=[N-])[C@@H](C)[C@@H]1C. The molecule has 0 aromatic heterocycles. The minimum absolute atomic E-state index is 0.0180. The topological polar surface area (TPSA) is 151 Å². The maximum absolute atomic E-state index is 11.1. The molecular weight excluding hydrogens is 305 g/mol. The van der Waals surface area contributed by atoms with Crippen LogP contribution in [-0.4, -0.2) is 40.8 Å². The van der Waals surface area contributed by atoms with Gasteiger partial charge in [0.15, 0.2) is 6.10 Å². The lowest BCUT2D eigenvalue weighted by molar-refractivity contribution is -0.248. The van der Waals surface area contributed by atoms with Crippen LogP contribution < -0.4 is 0 Å². The number of azide groups is 1. The van der Waals surface area contributed by atoms with Gasteiger partial charge in [0, 0.05) is 17.8 Å². The smallest absolute Gasteiger partial charge is 0.457 e. The molecule has 10 nitrogen and oxygen atoms in total. The Morgan fingerprint density at radius 1 is 1.43 bits per heavy atom. The highest BCUT2D eigenvalue weighted by Gasteiger charge is 2.46. The minimum atomic E-state index is -4.83. The molecule has 0 aromatic carbocycles. The number of esters is 1. The molecule has 1 rings (SSSR count). The van der Waals surface area contributed by atoms with E-state index in [2.05, 4.69) is 14.5 Å². The van der Waals surface area contributed by atoms with Gasteiger partial charge in [0.2, 0.25) is 6.29 Å². The second kappa shape index (κ2) is 7.22. The lowest BCUT2D eigenvalue weighted by atomic mass is 9.83. The number of nitrogens with zero attached hydrogens (tertiary/aromatic N) is 3. The maximum Gasteiger partial charge on any atom is 0.472 e. The van der Waals surface area contributed by atoms with E-state index in [1.807, 2.05) is 0 Å². The summed E-state index contributed by atoms with van der Waals surface area (Å²) >= 11 is 0. The van der Waals surface area contributed by atoms with Gasteiger partial charge in [-0.3, -0.25) is 9.32 Å². The Morgan fingerprint density at radius 2 is 2.05 bits per heavy atom. The van der Waals surface area contributed by atoms with E-state index >= 15 is 0 Å². The van der Waals surface area contributed by atoms with Gasteiger partial charge < -0.3 is 19.3 Å². The number of phosphoric acid groups is 1. The van der Waals surface area contributed by atoms with E-state index in [-0.39, 0.29) is 18.4 Å². The molecule has 1 saturated heterocycles. The summed E-state index contributed by atoms with van der Waals surface area (Å²) in [5.41, 5.74) is 8.35. The number of rotatable bonds is 5. The fraction of sp³-hybridized carbons (Fsp3) is 0.900. The van der Waals surface area contributed by atoms with Crippen LogP contribution in [-0.2, 0) is 23.4 Å². The van der Waals surface area contributed by atoms with E-state index in [4.69, 9.17) is 24.8 Å². The van der Waals surface area contributed by atoms with Crippen LogP contribution in [0.3, 0.4) is 0 Å². The molecule has 0 aromatic rings. The Bertz CT molecular complexity index is 475. The molecule has 0 radical (unpaired) electrons. The van der Waals surface area contributed by atoms with Crippen LogP contribution >= 0.6 is 7.82 Å². The van der Waals surface area contributed by atoms with Gasteiger partial charge in [0.05, 0.1) is 12.6 Å². The molecule has 0 spiro atoms. The molecule has 1 aliphatic rings. The quantitative estimate of drug-likeness (QED) is 0.254. The molecular formula is C10H18N3O7P. The summed E-state index contributed by atoms with van der Waals surface area (Å²) in [6, 6.07) is 0. The average Bonchev–Trinajstić information content (AvgIpc) is 2.34. The highest BCUT2D eigenvalue weighted by Crippen LogP contribution is 2.43. The van der Waals surface area contributed by atoms with Crippen LogP contribution in [0.15, 0.2) is 5.11 Å². The molecule has 0 aliphatic carbocycles. The summed E-state index contributed by atoms with van der Waals surface area (Å²) < 4.78 is 26.0. The zero-order valence-electron chi connectivity index (χ0n) is 11.8. The normalized spacial score (nSPS) is 33.1. The molecule has 0 saturated carbocycles. The first-order valence-corrected chi connectivity index (χ1v) is 7.76. The third-order valence-corrected chi connectivity index (χ3v) is 3.86. The molecule has 2 unspecified atom stereocenters. The van der Waals surface area contributed by atoms with Crippen LogP contribution in [0, 0.1) is 11.8 Å². The molecule has 1 fully saturated rings. The van der Waals surface area contributed by atoms with Gasteiger partial charge >= 0.3 is 13.8 Å². The zero-order chi connectivity index (χ0) is 16.2. The maximum atomic E-state index is 11.1. The number of phosphoric ester groups is 1. The summed E-state index contributed by atoms with van der Waals surface area (Å²) in [6.45, 7) is 4.69. The predicted octanol–water partition coefficient (Wildman–Crippen LogP) is 1.33. The summed E-state index contributed by atoms with van der Waals surface area (Å²) in [6.07, 6.45) is -2.99. The van der Waals surface area contributed by atoms with E-state index < -0.39 is 32.3 Å². The molecule has 11 heteroatoms. The van der Waals surface area contributed by atoms with E-state index in [1.165, 1.54) is 6.92 Å². The molecule has 0 bridgehead atoms. The number of hydrogen-bond donors (Lipinski definition) is 2. The number of ether oxygens (including phenoxy) is 2. The second-order valence-electron chi connectivity index (χ2n) is 4.84. The van der Waals surface area contributed by atoms with E-state index in [9.17, 15) is 9.36 Å². The van der Waals surface area contributed by atoms with Crippen molar-refractivity contribution >= 4 is 13.8 Å². The molecule has 21 heavy (non-hydrogen) atoms. The first-order valence-electron chi connectivity index (χ1n) is 6.23. The molecule has 2 N–H and O–H groups in total. The van der Waals surface area contributed by atoms with Crippen molar-refractivity contribution in [3.05, 3.63) is 10.4 Å². The van der Waals surface area contributed by atoms with Crippen molar-refractivity contribution in [1.29, 1.82) is 0 Å². The zero-order valence-corrected chi connectivity index (χ0v) is 12.7. The van der Waals surface area contributed by atoms with Crippen LogP contribution in [0.5, 0.6) is 0 Å². The van der Waals surface area contributed by atoms with Gasteiger partial charge in [-0.1, -0.05) is 19.0 Å². The van der Waals surface area contributed by atoms with Crippen LogP contribution in [0.2, 0.25) is 0 Å². The first-order chi connectivity index (χ1) is 9.65. The molecule has 120 valence electrons. The van der Waals surface area contributed by atoms with Crippen LogP contribution in [0.4, 0.5) is 0 Å². The Kier molecular flexibility index (Phi) is 6.15. The minimum Gasteiger partial charge on any atom is -0.457 e. The largest absolute Gasteiger partial charge is 0.472 e. The monoisotopic (exact) mass is 323 g/mol. The molecule has 0 amide bonds. The van der Waals surface area contributed by atoms with Crippen LogP contribution in [0.1, 0.15) is 20.8 Å². The van der Waals surface area contributed by atoms with Gasteiger partial charge in [0.25, 0.3) is 0 Å².